The highest BCUT2D eigenvalue weighted by Gasteiger charge is 2.42. The van der Waals surface area contributed by atoms with Crippen LogP contribution in [0.1, 0.15) is 35.2 Å². The maximum atomic E-state index is 13.4. The molecule has 1 aromatic rings. The van der Waals surface area contributed by atoms with Crippen molar-refractivity contribution in [3.05, 3.63) is 35.1 Å². The van der Waals surface area contributed by atoms with Gasteiger partial charge in [-0.15, -0.1) is 0 Å². The highest BCUT2D eigenvalue weighted by atomic mass is 32.2. The summed E-state index contributed by atoms with van der Waals surface area (Å²) in [6.45, 7) is 0.555. The first-order valence-electron chi connectivity index (χ1n) is 6.83. The Balaban J connectivity index is 2.11. The van der Waals surface area contributed by atoms with Crippen LogP contribution in [-0.4, -0.2) is 35.2 Å². The summed E-state index contributed by atoms with van der Waals surface area (Å²) in [5.41, 5.74) is 0.730. The molecule has 0 spiro atoms. The minimum Gasteiger partial charge on any atom is -0.395 e. The third-order valence-corrected chi connectivity index (χ3v) is 4.92. The fraction of sp³-hybridized carbons (Fsp3) is 0.438. The summed E-state index contributed by atoms with van der Waals surface area (Å²) in [5.74, 6) is 4.80. The molecule has 1 amide bonds. The topological polar surface area (TPSA) is 49.3 Å². The van der Waals surface area contributed by atoms with Crippen molar-refractivity contribution in [3.8, 4) is 11.8 Å². The Morgan fingerprint density at radius 3 is 2.90 bits per heavy atom. The van der Waals surface area contributed by atoms with Crippen molar-refractivity contribution in [2.45, 2.75) is 24.0 Å². The average molecular weight is 307 g/mol. The number of hydrogen-bond acceptors (Lipinski definition) is 3. The van der Waals surface area contributed by atoms with Crippen LogP contribution in [0.3, 0.4) is 0 Å². The van der Waals surface area contributed by atoms with Crippen LogP contribution < -0.4 is 5.32 Å². The molecule has 0 unspecified atom stereocenters. The molecule has 1 aliphatic carbocycles. The fourth-order valence-corrected chi connectivity index (χ4v) is 2.68. The number of nitrogens with one attached hydrogen (secondary N) is 1. The van der Waals surface area contributed by atoms with Crippen LogP contribution in [0.4, 0.5) is 4.39 Å². The number of benzene rings is 1. The molecule has 112 valence electrons. The van der Waals surface area contributed by atoms with Gasteiger partial charge in [-0.2, -0.15) is 11.8 Å². The molecule has 0 aromatic heterocycles. The monoisotopic (exact) mass is 307 g/mol. The van der Waals surface area contributed by atoms with E-state index in [0.717, 1.165) is 12.8 Å². The normalized spacial score (nSPS) is 15.0. The van der Waals surface area contributed by atoms with Gasteiger partial charge in [0.1, 0.15) is 5.82 Å². The van der Waals surface area contributed by atoms with Crippen molar-refractivity contribution in [2.75, 3.05) is 19.4 Å². The molecule has 0 radical (unpaired) electrons. The van der Waals surface area contributed by atoms with Crippen LogP contribution in [0.2, 0.25) is 0 Å². The van der Waals surface area contributed by atoms with Crippen LogP contribution >= 0.6 is 11.8 Å². The second kappa shape index (κ2) is 6.97. The Labute approximate surface area is 128 Å². The Bertz CT molecular complexity index is 588. The predicted octanol–water partition coefficient (Wildman–Crippen LogP) is 2.19. The zero-order valence-corrected chi connectivity index (χ0v) is 12.7. The van der Waals surface area contributed by atoms with E-state index in [1.807, 2.05) is 6.26 Å². The molecule has 1 fully saturated rings. The summed E-state index contributed by atoms with van der Waals surface area (Å²) in [6, 6.07) is 3.98. The largest absolute Gasteiger partial charge is 0.395 e. The van der Waals surface area contributed by atoms with E-state index < -0.39 is 5.82 Å². The van der Waals surface area contributed by atoms with Crippen LogP contribution in [-0.2, 0) is 0 Å². The van der Waals surface area contributed by atoms with Gasteiger partial charge >= 0.3 is 0 Å². The molecule has 3 nitrogen and oxygen atoms in total. The van der Waals surface area contributed by atoms with Gasteiger partial charge in [-0.3, -0.25) is 4.79 Å². The van der Waals surface area contributed by atoms with Gasteiger partial charge in [-0.25, -0.2) is 4.39 Å². The van der Waals surface area contributed by atoms with Gasteiger partial charge in [-0.1, -0.05) is 11.8 Å². The van der Waals surface area contributed by atoms with E-state index in [1.165, 1.54) is 18.2 Å². The summed E-state index contributed by atoms with van der Waals surface area (Å²) < 4.78 is 13.5. The number of halogens is 1. The van der Waals surface area contributed by atoms with E-state index in [1.54, 1.807) is 11.8 Å². The fourth-order valence-electron chi connectivity index (χ4n) is 1.96. The van der Waals surface area contributed by atoms with E-state index in [0.29, 0.717) is 18.5 Å². The van der Waals surface area contributed by atoms with Gasteiger partial charge < -0.3 is 10.4 Å². The van der Waals surface area contributed by atoms with Crippen molar-refractivity contribution in [1.29, 1.82) is 0 Å². The number of carbonyl (C=O) groups is 1. The number of amides is 1. The third-order valence-electron chi connectivity index (χ3n) is 3.50. The molecular weight excluding hydrogens is 289 g/mol. The number of hydrogen-bond donors (Lipinski definition) is 2. The van der Waals surface area contributed by atoms with Crippen LogP contribution in [0.25, 0.3) is 0 Å². The van der Waals surface area contributed by atoms with Gasteiger partial charge in [0, 0.05) is 23.3 Å². The van der Waals surface area contributed by atoms with E-state index in [2.05, 4.69) is 17.2 Å². The minimum absolute atomic E-state index is 0.0357. The van der Waals surface area contributed by atoms with Crippen molar-refractivity contribution >= 4 is 17.7 Å². The molecule has 5 heteroatoms. The molecule has 0 saturated heterocycles. The average Bonchev–Trinajstić information content (AvgIpc) is 3.27. The molecule has 1 saturated carbocycles. The Morgan fingerprint density at radius 2 is 2.29 bits per heavy atom. The predicted molar refractivity (Wildman–Crippen MR) is 82.8 cm³/mol. The quantitative estimate of drug-likeness (QED) is 0.820. The van der Waals surface area contributed by atoms with Crippen molar-refractivity contribution in [3.63, 3.8) is 0 Å². The number of carbonyl (C=O) groups excluding carboxylic acids is 1. The summed E-state index contributed by atoms with van der Waals surface area (Å²) >= 11 is 1.76. The second-order valence-corrected chi connectivity index (χ2v) is 6.31. The number of aliphatic hydroxyl groups excluding tert-OH is 1. The Kier molecular flexibility index (Phi) is 5.27. The van der Waals surface area contributed by atoms with Gasteiger partial charge in [0.2, 0.25) is 0 Å². The molecule has 0 aliphatic heterocycles. The smallest absolute Gasteiger partial charge is 0.252 e. The highest BCUT2D eigenvalue weighted by Crippen LogP contribution is 2.46. The van der Waals surface area contributed by atoms with Gasteiger partial charge in [0.15, 0.2) is 0 Å². The van der Waals surface area contributed by atoms with Gasteiger partial charge in [0.05, 0.1) is 12.2 Å². The number of thioether (sulfide) groups is 1. The molecule has 2 N–H and O–H groups in total. The van der Waals surface area contributed by atoms with Crippen molar-refractivity contribution in [2.24, 2.45) is 0 Å². The van der Waals surface area contributed by atoms with Crippen LogP contribution in [0.15, 0.2) is 18.2 Å². The zero-order chi connectivity index (χ0) is 15.3. The lowest BCUT2D eigenvalue weighted by Crippen LogP contribution is -2.32. The summed E-state index contributed by atoms with van der Waals surface area (Å²) in [6.07, 6.45) is 4.56. The lowest BCUT2D eigenvalue weighted by atomic mass is 10.1. The minimum atomic E-state index is -0.459. The third kappa shape index (κ3) is 4.23. The molecule has 0 bridgehead atoms. The first kappa shape index (κ1) is 15.9. The van der Waals surface area contributed by atoms with Crippen LogP contribution in [0, 0.1) is 17.7 Å². The Hall–Kier alpha value is -1.51. The lowest BCUT2D eigenvalue weighted by molar-refractivity contribution is 0.0952. The number of aliphatic hydroxyl groups is 1. The van der Waals surface area contributed by atoms with E-state index in [9.17, 15) is 9.18 Å². The maximum absolute atomic E-state index is 13.4. The van der Waals surface area contributed by atoms with E-state index >= 15 is 0 Å². The zero-order valence-electron chi connectivity index (χ0n) is 11.9. The van der Waals surface area contributed by atoms with Crippen molar-refractivity contribution < 1.29 is 14.3 Å². The first-order valence-corrected chi connectivity index (χ1v) is 8.05. The summed E-state index contributed by atoms with van der Waals surface area (Å²) in [7, 11) is 0. The number of rotatable bonds is 5. The van der Waals surface area contributed by atoms with E-state index in [-0.39, 0.29) is 22.8 Å². The Morgan fingerprint density at radius 1 is 1.52 bits per heavy atom. The summed E-state index contributed by atoms with van der Waals surface area (Å²) in [5, 5.41) is 11.6. The van der Waals surface area contributed by atoms with Crippen LogP contribution in [0.5, 0.6) is 0 Å². The van der Waals surface area contributed by atoms with Gasteiger partial charge in [-0.05, 0) is 37.3 Å². The highest BCUT2D eigenvalue weighted by molar-refractivity contribution is 8.00. The molecular formula is C16H18FNO2S. The first-order chi connectivity index (χ1) is 10.1. The molecule has 0 atom stereocenters. The SMILES string of the molecule is CSC1(CNC(=O)c2cc(F)ccc2C#CCCO)CC1. The van der Waals surface area contributed by atoms with Gasteiger partial charge in [0.25, 0.3) is 5.91 Å². The summed E-state index contributed by atoms with van der Waals surface area (Å²) in [4.78, 5) is 12.2. The molecule has 2 rings (SSSR count). The molecule has 1 aromatic carbocycles. The molecule has 0 heterocycles. The maximum Gasteiger partial charge on any atom is 0.252 e. The van der Waals surface area contributed by atoms with E-state index in [4.69, 9.17) is 5.11 Å². The molecule has 1 aliphatic rings. The second-order valence-electron chi connectivity index (χ2n) is 5.04. The molecule has 21 heavy (non-hydrogen) atoms. The van der Waals surface area contributed by atoms with Crippen molar-refractivity contribution in [1.82, 2.24) is 5.32 Å². The lowest BCUT2D eigenvalue weighted by Gasteiger charge is -2.13. The standard InChI is InChI=1S/C16H18FNO2S/c1-21-16(7-8-16)11-18-15(20)14-10-13(17)6-5-12(14)4-2-3-9-19/h5-6,10,19H,3,7-9,11H2,1H3,(H,18,20).